The van der Waals surface area contributed by atoms with Crippen molar-refractivity contribution in [1.29, 1.82) is 5.26 Å². The summed E-state index contributed by atoms with van der Waals surface area (Å²) in [7, 11) is 0. The first-order valence-corrected chi connectivity index (χ1v) is 7.38. The minimum Gasteiger partial charge on any atom is -0.465 e. The normalized spacial score (nSPS) is 11.5. The van der Waals surface area contributed by atoms with Crippen LogP contribution in [0.3, 0.4) is 0 Å². The fourth-order valence-corrected chi connectivity index (χ4v) is 2.16. The van der Waals surface area contributed by atoms with Crippen molar-refractivity contribution in [2.45, 2.75) is 25.7 Å². The minimum atomic E-state index is -0.188. The topological polar surface area (TPSA) is 50.1 Å². The van der Waals surface area contributed by atoms with Crippen LogP contribution in [0.15, 0.2) is 54.6 Å². The zero-order chi connectivity index (χ0) is 15.8. The molecule has 0 aromatic heterocycles. The fraction of sp³-hybridized carbons (Fsp3) is 0.263. The van der Waals surface area contributed by atoms with Gasteiger partial charge in [-0.15, -0.1) is 0 Å². The third-order valence-electron chi connectivity index (χ3n) is 3.56. The Morgan fingerprint density at radius 3 is 2.45 bits per heavy atom. The molecule has 112 valence electrons. The van der Waals surface area contributed by atoms with E-state index >= 15 is 0 Å². The van der Waals surface area contributed by atoms with E-state index in [1.54, 1.807) is 12.1 Å². The van der Waals surface area contributed by atoms with Gasteiger partial charge in [0.05, 0.1) is 18.2 Å². The molecule has 1 atom stereocenters. The molecule has 0 spiro atoms. The number of ether oxygens (including phenoxy) is 1. The second kappa shape index (κ2) is 7.99. The van der Waals surface area contributed by atoms with E-state index in [1.165, 1.54) is 5.56 Å². The molecular formula is C19H19NO2. The van der Waals surface area contributed by atoms with E-state index in [2.05, 4.69) is 6.07 Å². The lowest BCUT2D eigenvalue weighted by Gasteiger charge is -2.12. The highest BCUT2D eigenvalue weighted by Crippen LogP contribution is 2.15. The Hall–Kier alpha value is -2.60. The summed E-state index contributed by atoms with van der Waals surface area (Å²) in [5.74, 6) is 0.00667. The molecule has 0 saturated carbocycles. The number of carbonyl (C=O) groups is 1. The molecule has 0 fully saturated rings. The van der Waals surface area contributed by atoms with E-state index in [4.69, 9.17) is 10.00 Å². The molecule has 0 N–H and O–H groups in total. The first kappa shape index (κ1) is 15.8. The predicted molar refractivity (Wildman–Crippen MR) is 85.3 cm³/mol. The van der Waals surface area contributed by atoms with Crippen LogP contribution < -0.4 is 0 Å². The van der Waals surface area contributed by atoms with Crippen LogP contribution in [0.1, 0.15) is 36.0 Å². The van der Waals surface area contributed by atoms with Gasteiger partial charge in [-0.1, -0.05) is 49.4 Å². The summed E-state index contributed by atoms with van der Waals surface area (Å²) in [4.78, 5) is 11.8. The molecule has 0 bridgehead atoms. The Kier molecular flexibility index (Phi) is 5.73. The second-order valence-corrected chi connectivity index (χ2v) is 5.30. The first-order chi connectivity index (χ1) is 10.7. The van der Waals surface area contributed by atoms with Crippen molar-refractivity contribution < 1.29 is 9.53 Å². The molecule has 0 unspecified atom stereocenters. The largest absolute Gasteiger partial charge is 0.465 e. The Bertz CT molecular complexity index is 641. The maximum atomic E-state index is 11.8. The van der Waals surface area contributed by atoms with Crippen molar-refractivity contribution in [3.05, 3.63) is 71.3 Å². The van der Waals surface area contributed by atoms with Crippen LogP contribution in [0, 0.1) is 11.3 Å². The molecule has 3 nitrogen and oxygen atoms in total. The Morgan fingerprint density at radius 1 is 1.14 bits per heavy atom. The molecule has 2 aromatic rings. The summed E-state index contributed by atoms with van der Waals surface area (Å²) >= 11 is 0. The van der Waals surface area contributed by atoms with E-state index in [0.29, 0.717) is 25.0 Å². The number of carbonyl (C=O) groups excluding carboxylic acids is 1. The zero-order valence-electron chi connectivity index (χ0n) is 12.7. The van der Waals surface area contributed by atoms with Gasteiger partial charge in [-0.05, 0) is 29.7 Å². The van der Waals surface area contributed by atoms with E-state index in [9.17, 15) is 4.79 Å². The predicted octanol–water partition coefficient (Wildman–Crippen LogP) is 3.84. The lowest BCUT2D eigenvalue weighted by molar-refractivity contribution is -0.144. The van der Waals surface area contributed by atoms with Gasteiger partial charge in [0.1, 0.15) is 0 Å². The van der Waals surface area contributed by atoms with Gasteiger partial charge in [-0.2, -0.15) is 5.26 Å². The van der Waals surface area contributed by atoms with Crippen molar-refractivity contribution in [2.75, 3.05) is 6.61 Å². The number of rotatable bonds is 6. The van der Waals surface area contributed by atoms with Gasteiger partial charge in [-0.3, -0.25) is 4.79 Å². The summed E-state index contributed by atoms with van der Waals surface area (Å²) in [6, 6.07) is 19.4. The average Bonchev–Trinajstić information content (AvgIpc) is 2.59. The number of esters is 1. The van der Waals surface area contributed by atoms with Gasteiger partial charge < -0.3 is 4.74 Å². The first-order valence-electron chi connectivity index (χ1n) is 7.38. The van der Waals surface area contributed by atoms with Crippen LogP contribution in [0.2, 0.25) is 0 Å². The van der Waals surface area contributed by atoms with E-state index < -0.39 is 0 Å². The maximum Gasteiger partial charge on any atom is 0.306 e. The van der Waals surface area contributed by atoms with Crippen molar-refractivity contribution in [1.82, 2.24) is 0 Å². The molecule has 22 heavy (non-hydrogen) atoms. The molecule has 0 aliphatic heterocycles. The quantitative estimate of drug-likeness (QED) is 0.760. The molecule has 0 radical (unpaired) electrons. The number of nitrogens with zero attached hydrogens (tertiary/aromatic N) is 1. The standard InChI is InChI=1S/C19H19NO2/c1-15(18-5-3-2-4-6-18)14-22-19(21)12-11-16-7-9-17(13-20)10-8-16/h2-10,15H,11-12,14H2,1H3/t15-/m1/s1. The number of hydrogen-bond acceptors (Lipinski definition) is 3. The highest BCUT2D eigenvalue weighted by molar-refractivity contribution is 5.69. The number of benzene rings is 2. The lowest BCUT2D eigenvalue weighted by Crippen LogP contribution is -2.11. The minimum absolute atomic E-state index is 0.188. The van der Waals surface area contributed by atoms with E-state index in [0.717, 1.165) is 5.56 Å². The molecule has 0 saturated heterocycles. The molecular weight excluding hydrogens is 274 g/mol. The van der Waals surface area contributed by atoms with E-state index in [1.807, 2.05) is 49.4 Å². The number of nitriles is 1. The monoisotopic (exact) mass is 293 g/mol. The van der Waals surface area contributed by atoms with Gasteiger partial charge in [0.2, 0.25) is 0 Å². The SMILES string of the molecule is C[C@H](COC(=O)CCc1ccc(C#N)cc1)c1ccccc1. The summed E-state index contributed by atoms with van der Waals surface area (Å²) in [5, 5.41) is 8.74. The second-order valence-electron chi connectivity index (χ2n) is 5.30. The molecule has 0 aliphatic rings. The molecule has 0 aliphatic carbocycles. The summed E-state index contributed by atoms with van der Waals surface area (Å²) in [6.07, 6.45) is 0.984. The van der Waals surface area contributed by atoms with E-state index in [-0.39, 0.29) is 11.9 Å². The highest BCUT2D eigenvalue weighted by atomic mass is 16.5. The summed E-state index contributed by atoms with van der Waals surface area (Å²) in [6.45, 7) is 2.44. The zero-order valence-corrected chi connectivity index (χ0v) is 12.7. The lowest BCUT2D eigenvalue weighted by atomic mass is 10.0. The van der Waals surface area contributed by atoms with Gasteiger partial charge in [-0.25, -0.2) is 0 Å². The van der Waals surface area contributed by atoms with Crippen molar-refractivity contribution in [2.24, 2.45) is 0 Å². The summed E-state index contributed by atoms with van der Waals surface area (Å²) in [5.41, 5.74) is 2.83. The number of aryl methyl sites for hydroxylation is 1. The van der Waals surface area contributed by atoms with Crippen LogP contribution in [0.5, 0.6) is 0 Å². The molecule has 0 heterocycles. The van der Waals surface area contributed by atoms with Crippen LogP contribution in [0.25, 0.3) is 0 Å². The third kappa shape index (κ3) is 4.75. The Labute approximate surface area is 131 Å². The van der Waals surface area contributed by atoms with Gasteiger partial charge in [0.25, 0.3) is 0 Å². The van der Waals surface area contributed by atoms with Crippen molar-refractivity contribution in [3.63, 3.8) is 0 Å². The van der Waals surface area contributed by atoms with Crippen LogP contribution >= 0.6 is 0 Å². The average molecular weight is 293 g/mol. The van der Waals surface area contributed by atoms with Gasteiger partial charge in [0.15, 0.2) is 0 Å². The van der Waals surface area contributed by atoms with Gasteiger partial charge >= 0.3 is 5.97 Å². The number of hydrogen-bond donors (Lipinski definition) is 0. The molecule has 2 aromatic carbocycles. The molecule has 0 amide bonds. The van der Waals surface area contributed by atoms with Crippen molar-refractivity contribution >= 4 is 5.97 Å². The molecule has 2 rings (SSSR count). The smallest absolute Gasteiger partial charge is 0.306 e. The third-order valence-corrected chi connectivity index (χ3v) is 3.56. The Balaban J connectivity index is 1.75. The van der Waals surface area contributed by atoms with Crippen LogP contribution in [-0.4, -0.2) is 12.6 Å². The molecule has 3 heteroatoms. The summed E-state index contributed by atoms with van der Waals surface area (Å²) < 4.78 is 5.33. The van der Waals surface area contributed by atoms with Gasteiger partial charge in [0, 0.05) is 12.3 Å². The maximum absolute atomic E-state index is 11.8. The Morgan fingerprint density at radius 2 is 1.82 bits per heavy atom. The highest BCUT2D eigenvalue weighted by Gasteiger charge is 2.09. The van der Waals surface area contributed by atoms with Crippen LogP contribution in [0.4, 0.5) is 0 Å². The van der Waals surface area contributed by atoms with Crippen molar-refractivity contribution in [3.8, 4) is 6.07 Å². The fourth-order valence-electron chi connectivity index (χ4n) is 2.16. The van der Waals surface area contributed by atoms with Crippen LogP contribution in [-0.2, 0) is 16.0 Å².